The van der Waals surface area contributed by atoms with E-state index in [9.17, 15) is 14.4 Å². The van der Waals surface area contributed by atoms with Crippen LogP contribution in [0.4, 0.5) is 0 Å². The number of amides is 2. The molecule has 1 aliphatic heterocycles. The lowest BCUT2D eigenvalue weighted by molar-refractivity contribution is -0.149. The summed E-state index contributed by atoms with van der Waals surface area (Å²) < 4.78 is 4.83. The van der Waals surface area contributed by atoms with Crippen LogP contribution < -0.4 is 10.6 Å². The summed E-state index contributed by atoms with van der Waals surface area (Å²) in [5.74, 6) is -0.883. The predicted octanol–water partition coefficient (Wildman–Crippen LogP) is 2.06. The zero-order valence-electron chi connectivity index (χ0n) is 16.9. The highest BCUT2D eigenvalue weighted by molar-refractivity contribution is 7.80. The van der Waals surface area contributed by atoms with E-state index in [1.807, 2.05) is 24.3 Å². The van der Waals surface area contributed by atoms with Crippen LogP contribution in [0.2, 0.25) is 5.02 Å². The van der Waals surface area contributed by atoms with Gasteiger partial charge in [-0.1, -0.05) is 23.7 Å². The van der Waals surface area contributed by atoms with Crippen molar-refractivity contribution in [2.24, 2.45) is 11.8 Å². The number of carbonyl (C=O) groups excluding carboxylic acids is 3. The first kappa shape index (κ1) is 22.5. The fourth-order valence-corrected chi connectivity index (χ4v) is 4.51. The van der Waals surface area contributed by atoms with E-state index in [2.05, 4.69) is 10.6 Å². The molecule has 2 aliphatic rings. The molecule has 1 aromatic carbocycles. The molecule has 3 atom stereocenters. The average Bonchev–Trinajstić information content (AvgIpc) is 2.74. The number of hydrogen-bond acceptors (Lipinski definition) is 5. The van der Waals surface area contributed by atoms with Gasteiger partial charge in [-0.05, 0) is 55.6 Å². The molecule has 30 heavy (non-hydrogen) atoms. The summed E-state index contributed by atoms with van der Waals surface area (Å²) in [5, 5.41) is 7.06. The van der Waals surface area contributed by atoms with Crippen molar-refractivity contribution in [3.8, 4) is 0 Å². The van der Waals surface area contributed by atoms with Crippen molar-refractivity contribution in [3.63, 3.8) is 0 Å². The summed E-state index contributed by atoms with van der Waals surface area (Å²) in [6.45, 7) is 0.748. The molecule has 9 heteroatoms. The standard InChI is InChI=1S/C21H26ClN3O4S/c1-29-20(28)14-4-7-16-17(12-14)24-21(30)25(19(16)27)11-9-18(26)23-10-8-13-2-5-15(22)6-3-13/h2-3,5-6,14,16-17H,4,7-12H2,1H3,(H,23,26)(H,24,30). The van der Waals surface area contributed by atoms with Crippen molar-refractivity contribution < 1.29 is 19.1 Å². The Balaban J connectivity index is 1.45. The molecular formula is C21H26ClN3O4S. The summed E-state index contributed by atoms with van der Waals surface area (Å²) in [6.07, 6.45) is 2.63. The van der Waals surface area contributed by atoms with Crippen molar-refractivity contribution in [1.82, 2.24) is 15.5 Å². The van der Waals surface area contributed by atoms with Crippen LogP contribution in [-0.2, 0) is 25.5 Å². The van der Waals surface area contributed by atoms with Crippen LogP contribution in [0, 0.1) is 11.8 Å². The summed E-state index contributed by atoms with van der Waals surface area (Å²) in [6, 6.07) is 7.33. The molecule has 3 rings (SSSR count). The van der Waals surface area contributed by atoms with Gasteiger partial charge in [-0.2, -0.15) is 0 Å². The Bertz CT molecular complexity index is 817. The molecule has 162 valence electrons. The first-order chi connectivity index (χ1) is 14.4. The van der Waals surface area contributed by atoms with Gasteiger partial charge < -0.3 is 15.4 Å². The van der Waals surface area contributed by atoms with Crippen molar-refractivity contribution in [3.05, 3.63) is 34.9 Å². The quantitative estimate of drug-likeness (QED) is 0.487. The van der Waals surface area contributed by atoms with Crippen molar-refractivity contribution in [1.29, 1.82) is 0 Å². The fourth-order valence-electron chi connectivity index (χ4n) is 4.05. The average molecular weight is 452 g/mol. The number of benzene rings is 1. The van der Waals surface area contributed by atoms with Gasteiger partial charge in [0, 0.05) is 30.6 Å². The van der Waals surface area contributed by atoms with Gasteiger partial charge in [0.1, 0.15) is 0 Å². The molecule has 1 aromatic rings. The Hall–Kier alpha value is -2.19. The smallest absolute Gasteiger partial charge is 0.308 e. The molecule has 1 saturated carbocycles. The van der Waals surface area contributed by atoms with Crippen molar-refractivity contribution in [2.75, 3.05) is 20.2 Å². The topological polar surface area (TPSA) is 87.7 Å². The van der Waals surface area contributed by atoms with Crippen LogP contribution in [0.15, 0.2) is 24.3 Å². The van der Waals surface area contributed by atoms with E-state index in [4.69, 9.17) is 28.6 Å². The van der Waals surface area contributed by atoms with Crippen LogP contribution >= 0.6 is 23.8 Å². The number of nitrogens with one attached hydrogen (secondary N) is 2. The number of nitrogens with zero attached hydrogens (tertiary/aromatic N) is 1. The molecule has 2 amide bonds. The molecular weight excluding hydrogens is 426 g/mol. The van der Waals surface area contributed by atoms with E-state index in [-0.39, 0.29) is 48.6 Å². The highest BCUT2D eigenvalue weighted by Crippen LogP contribution is 2.33. The summed E-state index contributed by atoms with van der Waals surface area (Å²) in [7, 11) is 1.38. The van der Waals surface area contributed by atoms with Gasteiger partial charge in [-0.15, -0.1) is 0 Å². The number of carbonyl (C=O) groups is 3. The second kappa shape index (κ2) is 10.2. The van der Waals surface area contributed by atoms with E-state index in [0.29, 0.717) is 42.4 Å². The normalized spacial score (nSPS) is 23.4. The molecule has 7 nitrogen and oxygen atoms in total. The number of esters is 1. The van der Waals surface area contributed by atoms with E-state index >= 15 is 0 Å². The minimum absolute atomic E-state index is 0.0685. The first-order valence-electron chi connectivity index (χ1n) is 10.1. The third kappa shape index (κ3) is 5.49. The Morgan fingerprint density at radius 2 is 2.03 bits per heavy atom. The number of thiocarbonyl (C=S) groups is 1. The lowest BCUT2D eigenvalue weighted by atomic mass is 9.76. The molecule has 2 fully saturated rings. The maximum atomic E-state index is 12.9. The molecule has 1 aliphatic carbocycles. The van der Waals surface area contributed by atoms with Gasteiger partial charge in [0.2, 0.25) is 11.8 Å². The summed E-state index contributed by atoms with van der Waals surface area (Å²) in [5.41, 5.74) is 1.09. The number of halogens is 1. The Kier molecular flexibility index (Phi) is 7.66. The molecule has 0 spiro atoms. The molecule has 0 radical (unpaired) electrons. The van der Waals surface area contributed by atoms with Crippen LogP contribution in [0.25, 0.3) is 0 Å². The predicted molar refractivity (Wildman–Crippen MR) is 117 cm³/mol. The number of fused-ring (bicyclic) bond motifs is 1. The fraction of sp³-hybridized carbons (Fsp3) is 0.524. The monoisotopic (exact) mass is 451 g/mol. The van der Waals surface area contributed by atoms with E-state index < -0.39 is 0 Å². The zero-order chi connectivity index (χ0) is 21.7. The number of rotatable bonds is 7. The number of hydrogen-bond donors (Lipinski definition) is 2. The molecule has 0 bridgehead atoms. The minimum atomic E-state index is -0.244. The molecule has 0 aromatic heterocycles. The highest BCUT2D eigenvalue weighted by Gasteiger charge is 2.44. The van der Waals surface area contributed by atoms with Gasteiger partial charge in [0.05, 0.1) is 18.9 Å². The number of ether oxygens (including phenoxy) is 1. The van der Waals surface area contributed by atoms with Crippen molar-refractivity contribution in [2.45, 2.75) is 38.1 Å². The van der Waals surface area contributed by atoms with Gasteiger partial charge in [-0.3, -0.25) is 19.3 Å². The molecule has 1 heterocycles. The highest BCUT2D eigenvalue weighted by atomic mass is 35.5. The Morgan fingerprint density at radius 1 is 1.30 bits per heavy atom. The Labute approximate surface area is 186 Å². The largest absolute Gasteiger partial charge is 0.469 e. The lowest BCUT2D eigenvalue weighted by Crippen LogP contribution is -2.62. The third-order valence-corrected chi connectivity index (χ3v) is 6.32. The lowest BCUT2D eigenvalue weighted by Gasteiger charge is -2.43. The maximum Gasteiger partial charge on any atom is 0.308 e. The van der Waals surface area contributed by atoms with Gasteiger partial charge >= 0.3 is 5.97 Å². The summed E-state index contributed by atoms with van der Waals surface area (Å²) >= 11 is 11.2. The van der Waals surface area contributed by atoms with Crippen LogP contribution in [0.1, 0.15) is 31.2 Å². The molecule has 1 saturated heterocycles. The minimum Gasteiger partial charge on any atom is -0.469 e. The van der Waals surface area contributed by atoms with Crippen LogP contribution in [0.3, 0.4) is 0 Å². The number of methoxy groups -OCH3 is 1. The second-order valence-corrected chi connectivity index (χ2v) is 8.49. The zero-order valence-corrected chi connectivity index (χ0v) is 18.4. The second-order valence-electron chi connectivity index (χ2n) is 7.66. The molecule has 3 unspecified atom stereocenters. The SMILES string of the molecule is COC(=O)C1CCC2C(=O)N(CCC(=O)NCCc3ccc(Cl)cc3)C(=S)NC2C1. The Morgan fingerprint density at radius 3 is 2.73 bits per heavy atom. The van der Waals surface area contributed by atoms with Crippen LogP contribution in [-0.4, -0.2) is 54.0 Å². The van der Waals surface area contributed by atoms with E-state index in [1.54, 1.807) is 0 Å². The van der Waals surface area contributed by atoms with E-state index in [1.165, 1.54) is 12.0 Å². The van der Waals surface area contributed by atoms with Crippen molar-refractivity contribution >= 4 is 46.7 Å². The first-order valence-corrected chi connectivity index (χ1v) is 10.9. The molecule has 2 N–H and O–H groups in total. The summed E-state index contributed by atoms with van der Waals surface area (Å²) in [4.78, 5) is 38.4. The van der Waals surface area contributed by atoms with Gasteiger partial charge in [0.25, 0.3) is 0 Å². The van der Waals surface area contributed by atoms with E-state index in [0.717, 1.165) is 5.56 Å². The van der Waals surface area contributed by atoms with Gasteiger partial charge in [-0.25, -0.2) is 0 Å². The third-order valence-electron chi connectivity index (χ3n) is 5.73. The maximum absolute atomic E-state index is 12.9. The van der Waals surface area contributed by atoms with Gasteiger partial charge in [0.15, 0.2) is 5.11 Å². The van der Waals surface area contributed by atoms with Crippen LogP contribution in [0.5, 0.6) is 0 Å².